The molecule has 0 fully saturated rings. The van der Waals surface area contributed by atoms with E-state index in [1.165, 1.54) is 36.9 Å². The smallest absolute Gasteiger partial charge is 0.148 e. The summed E-state index contributed by atoms with van der Waals surface area (Å²) in [5.41, 5.74) is 6.92. The molecule has 2 nitrogen and oxygen atoms in total. The summed E-state index contributed by atoms with van der Waals surface area (Å²) in [6.45, 7) is 13.6. The van der Waals surface area contributed by atoms with Crippen LogP contribution in [0.2, 0.25) is 0 Å². The monoisotopic (exact) mass is 503 g/mol. The first-order valence-electron chi connectivity index (χ1n) is 13.1. The second kappa shape index (κ2) is 8.85. The van der Waals surface area contributed by atoms with Crippen molar-refractivity contribution >= 4 is 43.2 Å². The van der Waals surface area contributed by atoms with Gasteiger partial charge >= 0.3 is 0 Å². The van der Waals surface area contributed by atoms with Gasteiger partial charge in [0.25, 0.3) is 0 Å². The summed E-state index contributed by atoms with van der Waals surface area (Å²) in [5, 5.41) is 4.94. The molecule has 0 atom stereocenters. The van der Waals surface area contributed by atoms with Crippen molar-refractivity contribution in [3.63, 3.8) is 0 Å². The number of pyridine rings is 1. The lowest BCUT2D eigenvalue weighted by atomic mass is 9.82. The molecule has 6 aromatic rings. The van der Waals surface area contributed by atoms with E-state index in [0.717, 1.165) is 40.0 Å². The van der Waals surface area contributed by atoms with Crippen LogP contribution in [0.25, 0.3) is 53.7 Å². The zero-order valence-electron chi connectivity index (χ0n) is 22.5. The van der Waals surface area contributed by atoms with Gasteiger partial charge in [-0.3, -0.25) is 4.98 Å². The molecular formula is C34H33NOS. The average Bonchev–Trinajstić information content (AvgIpc) is 3.43. The summed E-state index contributed by atoms with van der Waals surface area (Å²) >= 11 is 1.80. The molecule has 37 heavy (non-hydrogen) atoms. The number of nitrogens with zero attached hydrogens (tertiary/aromatic N) is 1. The maximum absolute atomic E-state index is 6.53. The van der Waals surface area contributed by atoms with Gasteiger partial charge in [0.05, 0.1) is 16.0 Å². The van der Waals surface area contributed by atoms with Crippen LogP contribution in [0.3, 0.4) is 0 Å². The number of hydrogen-bond donors (Lipinski definition) is 0. The number of thiophene rings is 1. The highest BCUT2D eigenvalue weighted by Gasteiger charge is 2.22. The Labute approximate surface area is 223 Å². The SMILES string of the molecule is Cc1c(-c2cc3cc(CC(C)C)ccc3s2)oc2ccnc(-c3cc(C(C)(C)C)c4ccccc4c3)c12. The number of hydrogen-bond acceptors (Lipinski definition) is 3. The van der Waals surface area contributed by atoms with Crippen molar-refractivity contribution in [2.75, 3.05) is 0 Å². The van der Waals surface area contributed by atoms with Gasteiger partial charge < -0.3 is 4.42 Å². The number of aryl methyl sites for hydroxylation is 1. The predicted molar refractivity (Wildman–Crippen MR) is 160 cm³/mol. The first-order valence-corrected chi connectivity index (χ1v) is 14.0. The van der Waals surface area contributed by atoms with Crippen molar-refractivity contribution in [1.29, 1.82) is 0 Å². The van der Waals surface area contributed by atoms with E-state index in [2.05, 4.69) is 102 Å². The molecule has 6 rings (SSSR count). The van der Waals surface area contributed by atoms with Crippen LogP contribution in [0.4, 0.5) is 0 Å². The minimum absolute atomic E-state index is 0.0195. The minimum Gasteiger partial charge on any atom is -0.455 e. The van der Waals surface area contributed by atoms with E-state index in [1.54, 1.807) is 11.3 Å². The van der Waals surface area contributed by atoms with Crippen molar-refractivity contribution in [1.82, 2.24) is 4.98 Å². The molecule has 0 aliphatic carbocycles. The third kappa shape index (κ3) is 4.26. The second-order valence-corrected chi connectivity index (χ2v) is 12.7. The van der Waals surface area contributed by atoms with E-state index in [-0.39, 0.29) is 5.41 Å². The Morgan fingerprint density at radius 3 is 2.51 bits per heavy atom. The van der Waals surface area contributed by atoms with Gasteiger partial charge in [-0.15, -0.1) is 11.3 Å². The summed E-state index contributed by atoms with van der Waals surface area (Å²) in [7, 11) is 0. The molecule has 0 spiro atoms. The Bertz CT molecular complexity index is 1780. The van der Waals surface area contributed by atoms with Crippen LogP contribution in [0.5, 0.6) is 0 Å². The molecule has 0 saturated carbocycles. The third-order valence-corrected chi connectivity index (χ3v) is 8.35. The third-order valence-electron chi connectivity index (χ3n) is 7.23. The number of rotatable bonds is 4. The standard InChI is InChI=1S/C34H33NOS/c1-20(2)15-22-11-12-29-24(16-22)19-30(37-29)33-21(3)31-28(36-33)13-14-35-32(31)25-17-23-9-7-8-10-26(23)27(18-25)34(4,5)6/h7-14,16-20H,15H2,1-6H3. The maximum Gasteiger partial charge on any atom is 0.148 e. The predicted octanol–water partition coefficient (Wildman–Crippen LogP) is 10.3. The molecule has 0 bridgehead atoms. The van der Waals surface area contributed by atoms with Crippen LogP contribution in [0, 0.1) is 12.8 Å². The number of benzene rings is 3. The lowest BCUT2D eigenvalue weighted by Crippen LogP contribution is -2.12. The fourth-order valence-corrected chi connectivity index (χ4v) is 6.60. The Balaban J connectivity index is 1.52. The molecule has 0 N–H and O–H groups in total. The van der Waals surface area contributed by atoms with E-state index in [4.69, 9.17) is 9.40 Å². The largest absolute Gasteiger partial charge is 0.455 e. The van der Waals surface area contributed by atoms with Gasteiger partial charge in [0.15, 0.2) is 0 Å². The van der Waals surface area contributed by atoms with Crippen molar-refractivity contribution < 1.29 is 4.42 Å². The fourth-order valence-electron chi connectivity index (χ4n) is 5.52. The van der Waals surface area contributed by atoms with Gasteiger partial charge in [-0.25, -0.2) is 0 Å². The summed E-state index contributed by atoms with van der Waals surface area (Å²) in [6.07, 6.45) is 2.97. The molecule has 3 aromatic carbocycles. The molecule has 3 aromatic heterocycles. The van der Waals surface area contributed by atoms with Crippen molar-refractivity contribution in [2.45, 2.75) is 53.4 Å². The normalized spacial score (nSPS) is 12.4. The van der Waals surface area contributed by atoms with Gasteiger partial charge in [0.2, 0.25) is 0 Å². The molecule has 0 aliphatic heterocycles. The van der Waals surface area contributed by atoms with Gasteiger partial charge in [-0.2, -0.15) is 0 Å². The minimum atomic E-state index is 0.0195. The number of furan rings is 1. The Morgan fingerprint density at radius 1 is 0.919 bits per heavy atom. The first kappa shape index (κ1) is 23.9. The van der Waals surface area contributed by atoms with Gasteiger partial charge in [0, 0.05) is 22.0 Å². The van der Waals surface area contributed by atoms with Crippen LogP contribution < -0.4 is 0 Å². The van der Waals surface area contributed by atoms with Gasteiger partial charge in [-0.05, 0) is 82.3 Å². The van der Waals surface area contributed by atoms with Crippen LogP contribution in [0.15, 0.2) is 77.3 Å². The highest BCUT2D eigenvalue weighted by atomic mass is 32.1. The Hall–Kier alpha value is -3.43. The van der Waals surface area contributed by atoms with Crippen molar-refractivity contribution in [3.05, 3.63) is 89.6 Å². The van der Waals surface area contributed by atoms with E-state index >= 15 is 0 Å². The van der Waals surface area contributed by atoms with Crippen LogP contribution in [-0.4, -0.2) is 4.98 Å². The Morgan fingerprint density at radius 2 is 1.73 bits per heavy atom. The molecule has 0 unspecified atom stereocenters. The highest BCUT2D eigenvalue weighted by molar-refractivity contribution is 7.22. The maximum atomic E-state index is 6.53. The number of fused-ring (bicyclic) bond motifs is 3. The quantitative estimate of drug-likeness (QED) is 0.239. The second-order valence-electron chi connectivity index (χ2n) is 11.7. The lowest BCUT2D eigenvalue weighted by molar-refractivity contribution is 0.596. The average molecular weight is 504 g/mol. The lowest BCUT2D eigenvalue weighted by Gasteiger charge is -2.22. The molecule has 0 radical (unpaired) electrons. The molecule has 3 heterocycles. The van der Waals surface area contributed by atoms with Crippen LogP contribution in [-0.2, 0) is 11.8 Å². The summed E-state index contributed by atoms with van der Waals surface area (Å²) in [4.78, 5) is 6.07. The summed E-state index contributed by atoms with van der Waals surface area (Å²) in [5.74, 6) is 1.60. The highest BCUT2D eigenvalue weighted by Crippen LogP contribution is 2.43. The fraction of sp³-hybridized carbons (Fsp3) is 0.265. The van der Waals surface area contributed by atoms with Crippen molar-refractivity contribution in [3.8, 4) is 21.9 Å². The zero-order chi connectivity index (χ0) is 25.9. The van der Waals surface area contributed by atoms with E-state index < -0.39 is 0 Å². The first-order chi connectivity index (χ1) is 17.7. The zero-order valence-corrected chi connectivity index (χ0v) is 23.3. The Kier molecular flexibility index (Phi) is 5.72. The molecular weight excluding hydrogens is 470 g/mol. The van der Waals surface area contributed by atoms with E-state index in [9.17, 15) is 0 Å². The topological polar surface area (TPSA) is 26.0 Å². The van der Waals surface area contributed by atoms with E-state index in [0.29, 0.717) is 5.92 Å². The van der Waals surface area contributed by atoms with Crippen LogP contribution >= 0.6 is 11.3 Å². The van der Waals surface area contributed by atoms with Crippen LogP contribution in [0.1, 0.15) is 51.3 Å². The molecule has 3 heteroatoms. The van der Waals surface area contributed by atoms with Crippen molar-refractivity contribution in [2.24, 2.45) is 5.92 Å². The van der Waals surface area contributed by atoms with E-state index in [1.807, 2.05) is 12.3 Å². The van der Waals surface area contributed by atoms with Gasteiger partial charge in [0.1, 0.15) is 11.3 Å². The molecule has 0 aliphatic rings. The molecule has 0 saturated heterocycles. The number of aromatic nitrogens is 1. The van der Waals surface area contributed by atoms with Gasteiger partial charge in [-0.1, -0.05) is 71.0 Å². The summed E-state index contributed by atoms with van der Waals surface area (Å²) in [6, 6.07) is 24.4. The summed E-state index contributed by atoms with van der Waals surface area (Å²) < 4.78 is 7.82. The molecule has 0 amide bonds. The molecule has 186 valence electrons.